The topological polar surface area (TPSA) is 63.4 Å². The molecule has 1 aromatic carbocycles. The molecule has 6 heteroatoms. The second-order valence-electron chi connectivity index (χ2n) is 5.21. The van der Waals surface area contributed by atoms with E-state index < -0.39 is 10.0 Å². The van der Waals surface area contributed by atoms with Crippen molar-refractivity contribution in [3.63, 3.8) is 0 Å². The minimum Gasteiger partial charge on any atom is -0.398 e. The number of nitrogens with zero attached hydrogens (tertiary/aromatic N) is 1. The largest absolute Gasteiger partial charge is 0.398 e. The summed E-state index contributed by atoms with van der Waals surface area (Å²) in [7, 11) is -1.52. The first-order valence-electron chi connectivity index (χ1n) is 6.74. The first-order chi connectivity index (χ1) is 9.33. The van der Waals surface area contributed by atoms with Crippen molar-refractivity contribution in [3.8, 4) is 0 Å². The van der Waals surface area contributed by atoms with E-state index in [9.17, 15) is 8.42 Å². The zero-order valence-electron chi connectivity index (χ0n) is 12.4. The molecule has 0 aliphatic rings. The number of sulfonamides is 1. The van der Waals surface area contributed by atoms with Crippen molar-refractivity contribution in [2.45, 2.75) is 25.2 Å². The number of thioether (sulfide) groups is 1. The van der Waals surface area contributed by atoms with Gasteiger partial charge >= 0.3 is 0 Å². The fraction of sp³-hybridized carbons (Fsp3) is 0.571. The number of rotatable bonds is 8. The van der Waals surface area contributed by atoms with E-state index in [1.165, 1.54) is 16.1 Å². The maximum Gasteiger partial charge on any atom is 0.214 e. The molecule has 4 nitrogen and oxygen atoms in total. The fourth-order valence-corrected chi connectivity index (χ4v) is 4.10. The van der Waals surface area contributed by atoms with Gasteiger partial charge in [-0.15, -0.1) is 11.8 Å². The fourth-order valence-electron chi connectivity index (χ4n) is 1.60. The van der Waals surface area contributed by atoms with Gasteiger partial charge in [0.05, 0.1) is 5.75 Å². The van der Waals surface area contributed by atoms with Crippen LogP contribution in [0, 0.1) is 5.92 Å². The molecule has 114 valence electrons. The lowest BCUT2D eigenvalue weighted by atomic mass is 10.1. The van der Waals surface area contributed by atoms with Gasteiger partial charge in [0.25, 0.3) is 0 Å². The molecule has 0 aliphatic carbocycles. The molecule has 0 aromatic heterocycles. The molecule has 0 saturated heterocycles. The Bertz CT molecular complexity index is 516. The van der Waals surface area contributed by atoms with Crippen LogP contribution in [0.3, 0.4) is 0 Å². The van der Waals surface area contributed by atoms with Crippen LogP contribution in [-0.4, -0.2) is 37.8 Å². The van der Waals surface area contributed by atoms with Crippen LogP contribution in [0.15, 0.2) is 29.2 Å². The SMILES string of the molecule is CC(C)CCN(C)S(=O)(=O)CCSc1ccccc1N. The molecule has 0 atom stereocenters. The van der Waals surface area contributed by atoms with Gasteiger partial charge in [-0.3, -0.25) is 0 Å². The van der Waals surface area contributed by atoms with E-state index >= 15 is 0 Å². The highest BCUT2D eigenvalue weighted by atomic mass is 32.2. The third-order valence-corrected chi connectivity index (χ3v) is 6.22. The van der Waals surface area contributed by atoms with Crippen LogP contribution < -0.4 is 5.73 Å². The van der Waals surface area contributed by atoms with Crippen molar-refractivity contribution in [3.05, 3.63) is 24.3 Å². The summed E-state index contributed by atoms with van der Waals surface area (Å²) in [5, 5.41) is 0. The zero-order chi connectivity index (χ0) is 15.2. The molecule has 2 N–H and O–H groups in total. The summed E-state index contributed by atoms with van der Waals surface area (Å²) >= 11 is 1.48. The summed E-state index contributed by atoms with van der Waals surface area (Å²) in [4.78, 5) is 0.938. The van der Waals surface area contributed by atoms with E-state index in [-0.39, 0.29) is 5.75 Å². The Labute approximate surface area is 126 Å². The van der Waals surface area contributed by atoms with Crippen molar-refractivity contribution in [2.24, 2.45) is 5.92 Å². The number of nitrogens with two attached hydrogens (primary N) is 1. The number of nitrogen functional groups attached to an aromatic ring is 1. The Balaban J connectivity index is 2.45. The molecule has 0 saturated carbocycles. The van der Waals surface area contributed by atoms with Crippen LogP contribution in [0.25, 0.3) is 0 Å². The number of benzene rings is 1. The maximum absolute atomic E-state index is 12.1. The normalized spacial score (nSPS) is 12.2. The van der Waals surface area contributed by atoms with Crippen LogP contribution in [0.5, 0.6) is 0 Å². The van der Waals surface area contributed by atoms with E-state index in [0.717, 1.165) is 11.3 Å². The molecule has 0 heterocycles. The van der Waals surface area contributed by atoms with E-state index in [2.05, 4.69) is 13.8 Å². The van der Waals surface area contributed by atoms with Crippen LogP contribution in [0.1, 0.15) is 20.3 Å². The standard InChI is InChI=1S/C14H24N2O2S2/c1-12(2)8-9-16(3)20(17,18)11-10-19-14-7-5-4-6-13(14)15/h4-7,12H,8-11,15H2,1-3H3. The number of hydrogen-bond donors (Lipinski definition) is 1. The predicted molar refractivity (Wildman–Crippen MR) is 87.5 cm³/mol. The van der Waals surface area contributed by atoms with Gasteiger partial charge in [0.2, 0.25) is 10.0 Å². The summed E-state index contributed by atoms with van der Waals surface area (Å²) in [5.41, 5.74) is 6.53. The molecular weight excluding hydrogens is 292 g/mol. The molecule has 1 rings (SSSR count). The quantitative estimate of drug-likeness (QED) is 0.591. The first-order valence-corrected chi connectivity index (χ1v) is 9.33. The Morgan fingerprint density at radius 3 is 2.55 bits per heavy atom. The molecule has 0 radical (unpaired) electrons. The smallest absolute Gasteiger partial charge is 0.214 e. The predicted octanol–water partition coefficient (Wildman–Crippen LogP) is 2.67. The summed E-state index contributed by atoms with van der Waals surface area (Å²) in [6, 6.07) is 7.51. The van der Waals surface area contributed by atoms with Crippen LogP contribution in [0.4, 0.5) is 5.69 Å². The summed E-state index contributed by atoms with van der Waals surface area (Å²) < 4.78 is 25.7. The van der Waals surface area contributed by atoms with Crippen LogP contribution >= 0.6 is 11.8 Å². The van der Waals surface area contributed by atoms with Gasteiger partial charge in [-0.2, -0.15) is 0 Å². The molecule has 0 unspecified atom stereocenters. The zero-order valence-corrected chi connectivity index (χ0v) is 14.0. The van der Waals surface area contributed by atoms with Crippen LogP contribution in [-0.2, 0) is 10.0 Å². The third kappa shape index (κ3) is 5.73. The van der Waals surface area contributed by atoms with Crippen molar-refractivity contribution >= 4 is 27.5 Å². The Hall–Kier alpha value is -0.720. The van der Waals surface area contributed by atoms with E-state index in [4.69, 9.17) is 5.73 Å². The average Bonchev–Trinajstić information content (AvgIpc) is 2.38. The lowest BCUT2D eigenvalue weighted by Crippen LogP contribution is -2.31. The van der Waals surface area contributed by atoms with Gasteiger partial charge in [-0.25, -0.2) is 12.7 Å². The van der Waals surface area contributed by atoms with Crippen molar-refractivity contribution in [2.75, 3.05) is 30.8 Å². The lowest BCUT2D eigenvalue weighted by molar-refractivity contribution is 0.429. The van der Waals surface area contributed by atoms with E-state index in [0.29, 0.717) is 23.9 Å². The first kappa shape index (κ1) is 17.3. The maximum atomic E-state index is 12.1. The lowest BCUT2D eigenvalue weighted by Gasteiger charge is -2.18. The van der Waals surface area contributed by atoms with Gasteiger partial charge in [0, 0.05) is 29.9 Å². The Morgan fingerprint density at radius 1 is 1.30 bits per heavy atom. The molecular formula is C14H24N2O2S2. The average molecular weight is 316 g/mol. The summed E-state index contributed by atoms with van der Waals surface area (Å²) in [6.45, 7) is 4.77. The molecule has 0 spiro atoms. The second-order valence-corrected chi connectivity index (χ2v) is 8.54. The van der Waals surface area contributed by atoms with Crippen molar-refractivity contribution in [1.82, 2.24) is 4.31 Å². The van der Waals surface area contributed by atoms with Gasteiger partial charge in [-0.1, -0.05) is 26.0 Å². The van der Waals surface area contributed by atoms with Gasteiger partial charge in [0.1, 0.15) is 0 Å². The molecule has 1 aromatic rings. The van der Waals surface area contributed by atoms with E-state index in [1.807, 2.05) is 24.3 Å². The molecule has 20 heavy (non-hydrogen) atoms. The highest BCUT2D eigenvalue weighted by molar-refractivity contribution is 8.00. The van der Waals surface area contributed by atoms with E-state index in [1.54, 1.807) is 7.05 Å². The molecule has 0 amide bonds. The number of para-hydroxylation sites is 1. The second kappa shape index (κ2) is 7.90. The van der Waals surface area contributed by atoms with Gasteiger partial charge < -0.3 is 5.73 Å². The highest BCUT2D eigenvalue weighted by Gasteiger charge is 2.17. The molecule has 0 bridgehead atoms. The Morgan fingerprint density at radius 2 is 1.95 bits per heavy atom. The minimum atomic E-state index is -3.17. The third-order valence-electron chi connectivity index (χ3n) is 3.01. The highest BCUT2D eigenvalue weighted by Crippen LogP contribution is 2.24. The van der Waals surface area contributed by atoms with Gasteiger partial charge in [-0.05, 0) is 24.5 Å². The Kier molecular flexibility index (Phi) is 6.85. The summed E-state index contributed by atoms with van der Waals surface area (Å²) in [5.74, 6) is 1.16. The molecule has 0 aliphatic heterocycles. The van der Waals surface area contributed by atoms with Crippen LogP contribution in [0.2, 0.25) is 0 Å². The summed E-state index contributed by atoms with van der Waals surface area (Å²) in [6.07, 6.45) is 0.883. The number of anilines is 1. The van der Waals surface area contributed by atoms with Crippen molar-refractivity contribution < 1.29 is 8.42 Å². The van der Waals surface area contributed by atoms with Gasteiger partial charge in [0.15, 0.2) is 0 Å². The van der Waals surface area contributed by atoms with Crippen molar-refractivity contribution in [1.29, 1.82) is 0 Å². The molecule has 0 fully saturated rings. The number of hydrogen-bond acceptors (Lipinski definition) is 4. The minimum absolute atomic E-state index is 0.139. The monoisotopic (exact) mass is 316 g/mol.